The third-order valence-electron chi connectivity index (χ3n) is 5.30. The molecule has 1 aromatic heterocycles. The van der Waals surface area contributed by atoms with Gasteiger partial charge < -0.3 is 4.74 Å². The molecule has 1 atom stereocenters. The fraction of sp³-hybridized carbons (Fsp3) is 0.125. The van der Waals surface area contributed by atoms with Gasteiger partial charge in [0.05, 0.1) is 18.0 Å². The van der Waals surface area contributed by atoms with Crippen LogP contribution in [0, 0.1) is 0 Å². The van der Waals surface area contributed by atoms with Gasteiger partial charge in [-0.15, -0.1) is 10.2 Å². The van der Waals surface area contributed by atoms with Crippen LogP contribution in [-0.4, -0.2) is 37.2 Å². The van der Waals surface area contributed by atoms with Crippen molar-refractivity contribution in [2.45, 2.75) is 11.9 Å². The van der Waals surface area contributed by atoms with E-state index in [9.17, 15) is 13.2 Å². The maximum Gasteiger partial charge on any atom is 0.269 e. The molecule has 0 bridgehead atoms. The van der Waals surface area contributed by atoms with E-state index in [4.69, 9.17) is 16.3 Å². The predicted molar refractivity (Wildman–Crippen MR) is 136 cm³/mol. The molecule has 2 heterocycles. The van der Waals surface area contributed by atoms with Crippen LogP contribution in [0.25, 0.3) is 10.6 Å². The molecular formula is C24H19ClN4O4S2. The zero-order valence-corrected chi connectivity index (χ0v) is 20.6. The van der Waals surface area contributed by atoms with Gasteiger partial charge in [-0.05, 0) is 29.8 Å². The van der Waals surface area contributed by atoms with Gasteiger partial charge in [0.15, 0.2) is 6.10 Å². The number of benzene rings is 3. The van der Waals surface area contributed by atoms with Crippen molar-refractivity contribution in [1.82, 2.24) is 10.2 Å². The van der Waals surface area contributed by atoms with E-state index < -0.39 is 22.0 Å². The molecule has 35 heavy (non-hydrogen) atoms. The fourth-order valence-corrected chi connectivity index (χ4v) is 6.09. The lowest BCUT2D eigenvalue weighted by atomic mass is 10.2. The Balaban J connectivity index is 1.36. The van der Waals surface area contributed by atoms with Crippen molar-refractivity contribution in [1.29, 1.82) is 0 Å². The lowest BCUT2D eigenvalue weighted by Crippen LogP contribution is -2.49. The molecule has 11 heteroatoms. The molecule has 0 spiro atoms. The second kappa shape index (κ2) is 9.65. The summed E-state index contributed by atoms with van der Waals surface area (Å²) in [5.41, 5.74) is 1.86. The molecule has 8 nitrogen and oxygen atoms in total. The number of sulfonamides is 1. The lowest BCUT2D eigenvalue weighted by molar-refractivity contribution is -0.122. The van der Waals surface area contributed by atoms with Crippen LogP contribution in [-0.2, 0) is 20.6 Å². The highest BCUT2D eigenvalue weighted by Crippen LogP contribution is 2.36. The number of rotatable bonds is 6. The highest BCUT2D eigenvalue weighted by molar-refractivity contribution is 7.92. The summed E-state index contributed by atoms with van der Waals surface area (Å²) in [6, 6.07) is 22.8. The smallest absolute Gasteiger partial charge is 0.269 e. The number of anilines is 2. The van der Waals surface area contributed by atoms with E-state index >= 15 is 0 Å². The Bertz CT molecular complexity index is 1460. The fourth-order valence-electron chi connectivity index (χ4n) is 3.63. The molecule has 0 saturated carbocycles. The molecule has 1 aliphatic rings. The van der Waals surface area contributed by atoms with Crippen LogP contribution in [0.4, 0.5) is 10.8 Å². The van der Waals surface area contributed by atoms with Crippen LogP contribution in [0.15, 0.2) is 78.9 Å². The lowest BCUT2D eigenvalue weighted by Gasteiger charge is -2.34. The number of aromatic nitrogens is 2. The van der Waals surface area contributed by atoms with Gasteiger partial charge in [0.1, 0.15) is 10.8 Å². The SMILES string of the molecule is O=C(Nc1nnc(-c2ccc(Cl)cc2)s1)C1CN(S(=O)(=O)Cc2ccccc2)c2ccccc2O1. The highest BCUT2D eigenvalue weighted by Gasteiger charge is 2.37. The molecule has 0 saturated heterocycles. The van der Waals surface area contributed by atoms with Crippen molar-refractivity contribution in [3.05, 3.63) is 89.4 Å². The molecule has 1 N–H and O–H groups in total. The molecule has 4 aromatic rings. The number of amides is 1. The van der Waals surface area contributed by atoms with E-state index in [1.165, 1.54) is 15.6 Å². The van der Waals surface area contributed by atoms with Crippen LogP contribution in [0.3, 0.4) is 0 Å². The van der Waals surface area contributed by atoms with Crippen LogP contribution in [0.5, 0.6) is 5.75 Å². The summed E-state index contributed by atoms with van der Waals surface area (Å²) >= 11 is 7.13. The molecule has 0 aliphatic carbocycles. The minimum atomic E-state index is -3.79. The second-order valence-corrected chi connectivity index (χ2v) is 11.1. The van der Waals surface area contributed by atoms with Crippen molar-refractivity contribution in [2.24, 2.45) is 0 Å². The summed E-state index contributed by atoms with van der Waals surface area (Å²) in [4.78, 5) is 13.1. The average Bonchev–Trinajstić information content (AvgIpc) is 3.32. The number of hydrogen-bond donors (Lipinski definition) is 1. The summed E-state index contributed by atoms with van der Waals surface area (Å²) in [6.07, 6.45) is -1.07. The Labute approximate surface area is 211 Å². The standard InChI is InChI=1S/C24H19ClN4O4S2/c25-18-12-10-17(11-13-18)23-27-28-24(34-23)26-22(30)21-14-29(19-8-4-5-9-20(19)33-21)35(31,32)15-16-6-2-1-3-7-16/h1-13,21H,14-15H2,(H,26,28,30). The summed E-state index contributed by atoms with van der Waals surface area (Å²) in [5.74, 6) is -0.398. The molecule has 0 fully saturated rings. The monoisotopic (exact) mass is 526 g/mol. The summed E-state index contributed by atoms with van der Waals surface area (Å²) < 4.78 is 33.8. The Morgan fingerprint density at radius 2 is 1.74 bits per heavy atom. The van der Waals surface area contributed by atoms with E-state index in [-0.39, 0.29) is 17.4 Å². The molecule has 3 aromatic carbocycles. The Hall–Kier alpha value is -3.47. The van der Waals surface area contributed by atoms with Gasteiger partial charge in [0.2, 0.25) is 15.2 Å². The number of carbonyl (C=O) groups is 1. The summed E-state index contributed by atoms with van der Waals surface area (Å²) in [6.45, 7) is -0.166. The van der Waals surface area contributed by atoms with Gasteiger partial charge in [-0.25, -0.2) is 8.42 Å². The summed E-state index contributed by atoms with van der Waals surface area (Å²) in [5, 5.41) is 12.3. The topological polar surface area (TPSA) is 101 Å². The largest absolute Gasteiger partial charge is 0.476 e. The van der Waals surface area contributed by atoms with E-state index in [0.29, 0.717) is 27.0 Å². The van der Waals surface area contributed by atoms with Gasteiger partial charge in [-0.2, -0.15) is 0 Å². The molecule has 1 unspecified atom stereocenters. The molecule has 5 rings (SSSR count). The van der Waals surface area contributed by atoms with Gasteiger partial charge >= 0.3 is 0 Å². The minimum Gasteiger partial charge on any atom is -0.476 e. The number of carbonyl (C=O) groups excluding carboxylic acids is 1. The van der Waals surface area contributed by atoms with E-state index in [1.54, 1.807) is 60.7 Å². The predicted octanol–water partition coefficient (Wildman–Crippen LogP) is 4.59. The van der Waals surface area contributed by atoms with Crippen molar-refractivity contribution >= 4 is 49.7 Å². The molecule has 0 radical (unpaired) electrons. The first-order chi connectivity index (χ1) is 16.9. The Morgan fingerprint density at radius 3 is 2.51 bits per heavy atom. The van der Waals surface area contributed by atoms with E-state index in [1.807, 2.05) is 18.2 Å². The maximum absolute atomic E-state index is 13.3. The Kier molecular flexibility index (Phi) is 6.42. The minimum absolute atomic E-state index is 0.166. The number of hydrogen-bond acceptors (Lipinski definition) is 7. The van der Waals surface area contributed by atoms with Gasteiger partial charge in [0, 0.05) is 10.6 Å². The van der Waals surface area contributed by atoms with Gasteiger partial charge in [0.25, 0.3) is 5.91 Å². The summed E-state index contributed by atoms with van der Waals surface area (Å²) in [7, 11) is -3.79. The Morgan fingerprint density at radius 1 is 1.03 bits per heavy atom. The number of ether oxygens (including phenoxy) is 1. The van der Waals surface area contributed by atoms with Crippen LogP contribution in [0.2, 0.25) is 5.02 Å². The van der Waals surface area contributed by atoms with Crippen molar-refractivity contribution in [2.75, 3.05) is 16.2 Å². The quantitative estimate of drug-likeness (QED) is 0.394. The zero-order valence-electron chi connectivity index (χ0n) is 18.2. The van der Waals surface area contributed by atoms with Crippen LogP contribution in [0.1, 0.15) is 5.56 Å². The molecule has 1 aliphatic heterocycles. The average molecular weight is 527 g/mol. The maximum atomic E-state index is 13.3. The number of halogens is 1. The van der Waals surface area contributed by atoms with E-state index in [0.717, 1.165) is 5.56 Å². The second-order valence-electron chi connectivity index (χ2n) is 7.76. The van der Waals surface area contributed by atoms with Crippen LogP contribution < -0.4 is 14.4 Å². The van der Waals surface area contributed by atoms with Gasteiger partial charge in [-0.1, -0.05) is 77.5 Å². The first kappa shape index (κ1) is 23.3. The van der Waals surface area contributed by atoms with Crippen molar-refractivity contribution in [3.8, 4) is 16.3 Å². The normalized spacial score (nSPS) is 15.2. The first-order valence-electron chi connectivity index (χ1n) is 10.6. The highest BCUT2D eigenvalue weighted by atomic mass is 35.5. The third kappa shape index (κ3) is 5.14. The van der Waals surface area contributed by atoms with Crippen LogP contribution >= 0.6 is 22.9 Å². The first-order valence-corrected chi connectivity index (χ1v) is 13.4. The van der Waals surface area contributed by atoms with Crippen molar-refractivity contribution < 1.29 is 17.9 Å². The molecular weight excluding hydrogens is 508 g/mol. The zero-order chi connectivity index (χ0) is 24.4. The van der Waals surface area contributed by atoms with E-state index in [2.05, 4.69) is 15.5 Å². The van der Waals surface area contributed by atoms with Crippen molar-refractivity contribution in [3.63, 3.8) is 0 Å². The molecule has 1 amide bonds. The number of nitrogens with one attached hydrogen (secondary N) is 1. The number of fused-ring (bicyclic) bond motifs is 1. The number of para-hydroxylation sites is 2. The molecule has 178 valence electrons. The third-order valence-corrected chi connectivity index (χ3v) is 8.16. The number of nitrogens with zero attached hydrogens (tertiary/aromatic N) is 3. The van der Waals surface area contributed by atoms with Gasteiger partial charge in [-0.3, -0.25) is 14.4 Å².